The Hall–Kier alpha value is -2.57. The molecule has 41 heavy (non-hydrogen) atoms. The quantitative estimate of drug-likeness (QED) is 0.413. The van der Waals surface area contributed by atoms with Crippen LogP contribution in [0.25, 0.3) is 0 Å². The molecule has 0 spiro atoms. The number of sulfonamides is 1. The van der Waals surface area contributed by atoms with Gasteiger partial charge in [0, 0.05) is 28.8 Å². The topological polar surface area (TPSA) is 128 Å². The van der Waals surface area contributed by atoms with Crippen LogP contribution in [-0.4, -0.2) is 73.3 Å². The molecule has 2 bridgehead atoms. The van der Waals surface area contributed by atoms with Crippen LogP contribution in [0.1, 0.15) is 34.1 Å². The first-order valence-corrected chi connectivity index (χ1v) is 15.6. The van der Waals surface area contributed by atoms with Crippen LogP contribution in [0, 0.1) is 5.41 Å². The number of likely N-dealkylation sites (tertiary alicyclic amines) is 2. The number of fused-ring (bicyclic) bond motifs is 2. The summed E-state index contributed by atoms with van der Waals surface area (Å²) in [5.41, 5.74) is -0.0658. The van der Waals surface area contributed by atoms with Gasteiger partial charge in [0.25, 0.3) is 0 Å². The predicted octanol–water partition coefficient (Wildman–Crippen LogP) is 4.36. The van der Waals surface area contributed by atoms with Crippen LogP contribution in [0.5, 0.6) is 0 Å². The van der Waals surface area contributed by atoms with Gasteiger partial charge in [0.2, 0.25) is 21.8 Å². The Labute approximate surface area is 254 Å². The fourth-order valence-electron chi connectivity index (χ4n) is 5.13. The van der Waals surface area contributed by atoms with Crippen LogP contribution in [0.15, 0.2) is 47.4 Å². The van der Waals surface area contributed by atoms with Crippen molar-refractivity contribution in [1.29, 1.82) is 0 Å². The lowest BCUT2D eigenvalue weighted by molar-refractivity contribution is -0.143. The van der Waals surface area contributed by atoms with Crippen LogP contribution >= 0.6 is 34.8 Å². The molecule has 222 valence electrons. The maximum Gasteiger partial charge on any atom is 0.319 e. The number of benzene rings is 2. The molecule has 4 unspecified atom stereocenters. The van der Waals surface area contributed by atoms with Gasteiger partial charge >= 0.3 is 6.03 Å². The fourth-order valence-corrected chi connectivity index (χ4v) is 7.22. The van der Waals surface area contributed by atoms with Gasteiger partial charge in [-0.25, -0.2) is 13.2 Å². The van der Waals surface area contributed by atoms with E-state index in [1.165, 1.54) is 25.1 Å². The minimum atomic E-state index is -4.12. The predicted molar refractivity (Wildman–Crippen MR) is 159 cm³/mol. The van der Waals surface area contributed by atoms with Gasteiger partial charge in [0.05, 0.1) is 23.1 Å². The molecule has 2 aliphatic heterocycles. The number of carbonyl (C=O) groups is 3. The van der Waals surface area contributed by atoms with Gasteiger partial charge in [0.15, 0.2) is 0 Å². The summed E-state index contributed by atoms with van der Waals surface area (Å²) in [5.74, 6) is -0.646. The van der Waals surface area contributed by atoms with Crippen molar-refractivity contribution >= 4 is 68.4 Å². The van der Waals surface area contributed by atoms with E-state index in [1.54, 1.807) is 34.1 Å². The summed E-state index contributed by atoms with van der Waals surface area (Å²) in [4.78, 5) is 42.8. The first-order chi connectivity index (χ1) is 19.1. The zero-order valence-electron chi connectivity index (χ0n) is 22.9. The highest BCUT2D eigenvalue weighted by Crippen LogP contribution is 2.34. The number of piperazine rings is 1. The van der Waals surface area contributed by atoms with Gasteiger partial charge in [-0.15, -0.1) is 0 Å². The van der Waals surface area contributed by atoms with Crippen molar-refractivity contribution in [2.24, 2.45) is 5.41 Å². The average Bonchev–Trinajstić information content (AvgIpc) is 3.49. The summed E-state index contributed by atoms with van der Waals surface area (Å²) in [6, 6.07) is 7.72. The fraction of sp³-hybridized carbons (Fsp3) is 0.444. The lowest BCUT2D eigenvalue weighted by Gasteiger charge is -2.39. The number of urea groups is 1. The first kappa shape index (κ1) is 31.4. The monoisotopic (exact) mass is 643 g/mol. The molecule has 4 amide bonds. The lowest BCUT2D eigenvalue weighted by Crippen LogP contribution is -2.60. The molecule has 0 radical (unpaired) electrons. The third kappa shape index (κ3) is 7.09. The number of anilines is 1. The number of amides is 4. The van der Waals surface area contributed by atoms with Crippen LogP contribution in [0.4, 0.5) is 10.5 Å². The third-order valence-corrected chi connectivity index (χ3v) is 9.69. The molecule has 14 heteroatoms. The van der Waals surface area contributed by atoms with E-state index >= 15 is 0 Å². The molecule has 0 aliphatic carbocycles. The molecule has 2 heterocycles. The van der Waals surface area contributed by atoms with Crippen molar-refractivity contribution in [3.63, 3.8) is 0 Å². The van der Waals surface area contributed by atoms with Crippen LogP contribution in [0.2, 0.25) is 15.1 Å². The standard InChI is InChI=1S/C27H32Cl3N5O5S/c1-15(33-41(39,40)22-11-17(29)7-10-21(22)30)24(36)34-13-20-12-19(34)14-35(20)25(37)23(27(2,3)4)32-26(38)31-18-8-5-16(28)6-9-18/h5-11,15,19-20,23,33H,12-14H2,1-4H3,(H2,31,32,38). The highest BCUT2D eigenvalue weighted by Gasteiger charge is 2.50. The second-order valence-electron chi connectivity index (χ2n) is 11.3. The zero-order chi connectivity index (χ0) is 30.3. The number of hydrogen-bond donors (Lipinski definition) is 3. The molecule has 4 rings (SSSR count). The molecule has 4 atom stereocenters. The van der Waals surface area contributed by atoms with Gasteiger partial charge < -0.3 is 20.4 Å². The Morgan fingerprint density at radius 3 is 2.02 bits per heavy atom. The van der Waals surface area contributed by atoms with Crippen molar-refractivity contribution < 1.29 is 22.8 Å². The maximum atomic E-state index is 13.7. The van der Waals surface area contributed by atoms with Gasteiger partial charge in [0.1, 0.15) is 10.9 Å². The Morgan fingerprint density at radius 1 is 0.902 bits per heavy atom. The number of nitrogens with zero attached hydrogens (tertiary/aromatic N) is 2. The number of halogens is 3. The summed E-state index contributed by atoms with van der Waals surface area (Å²) < 4.78 is 28.2. The van der Waals surface area contributed by atoms with Gasteiger partial charge in [-0.2, -0.15) is 4.72 Å². The van der Waals surface area contributed by atoms with Crippen LogP contribution in [-0.2, 0) is 19.6 Å². The maximum absolute atomic E-state index is 13.7. The van der Waals surface area contributed by atoms with E-state index in [9.17, 15) is 22.8 Å². The molecule has 2 aliphatic rings. The lowest BCUT2D eigenvalue weighted by atomic mass is 9.85. The summed E-state index contributed by atoms with van der Waals surface area (Å²) in [5, 5.41) is 6.24. The highest BCUT2D eigenvalue weighted by atomic mass is 35.5. The van der Waals surface area contributed by atoms with Gasteiger partial charge in [-0.1, -0.05) is 55.6 Å². The van der Waals surface area contributed by atoms with Crippen molar-refractivity contribution in [2.45, 2.75) is 63.2 Å². The van der Waals surface area contributed by atoms with E-state index in [1.807, 2.05) is 20.8 Å². The molecular formula is C27H32Cl3N5O5S. The van der Waals surface area contributed by atoms with E-state index in [-0.39, 0.29) is 46.0 Å². The molecular weight excluding hydrogens is 613 g/mol. The van der Waals surface area contributed by atoms with E-state index in [2.05, 4.69) is 15.4 Å². The molecule has 3 N–H and O–H groups in total. The molecule has 10 nitrogen and oxygen atoms in total. The summed E-state index contributed by atoms with van der Waals surface area (Å²) in [6.07, 6.45) is 0.560. The normalized spacial score (nSPS) is 20.1. The summed E-state index contributed by atoms with van der Waals surface area (Å²) in [7, 11) is -4.12. The molecule has 2 aromatic carbocycles. The van der Waals surface area contributed by atoms with Crippen LogP contribution < -0.4 is 15.4 Å². The van der Waals surface area contributed by atoms with Gasteiger partial charge in [-0.3, -0.25) is 9.59 Å². The summed E-state index contributed by atoms with van der Waals surface area (Å²) >= 11 is 17.9. The Bertz CT molecular complexity index is 1450. The van der Waals surface area contributed by atoms with Crippen molar-refractivity contribution in [3.05, 3.63) is 57.5 Å². The molecule has 2 aromatic rings. The number of hydrogen-bond acceptors (Lipinski definition) is 5. The second kappa shape index (κ2) is 12.0. The number of nitrogens with one attached hydrogen (secondary N) is 3. The minimum Gasteiger partial charge on any atom is -0.334 e. The second-order valence-corrected chi connectivity index (χ2v) is 14.3. The summed E-state index contributed by atoms with van der Waals surface area (Å²) in [6.45, 7) is 7.59. The molecule has 0 aromatic heterocycles. The smallest absolute Gasteiger partial charge is 0.319 e. The molecule has 2 saturated heterocycles. The Morgan fingerprint density at radius 2 is 1.46 bits per heavy atom. The van der Waals surface area contributed by atoms with Crippen molar-refractivity contribution in [1.82, 2.24) is 19.8 Å². The van der Waals surface area contributed by atoms with Crippen molar-refractivity contribution in [2.75, 3.05) is 18.4 Å². The first-order valence-electron chi connectivity index (χ1n) is 13.0. The van der Waals surface area contributed by atoms with Crippen molar-refractivity contribution in [3.8, 4) is 0 Å². The van der Waals surface area contributed by atoms with E-state index in [0.29, 0.717) is 17.1 Å². The zero-order valence-corrected chi connectivity index (χ0v) is 26.0. The van der Waals surface area contributed by atoms with E-state index in [0.717, 1.165) is 0 Å². The Kier molecular flexibility index (Phi) is 9.15. The Balaban J connectivity index is 1.39. The molecule has 2 fully saturated rings. The minimum absolute atomic E-state index is 0.0141. The average molecular weight is 645 g/mol. The van der Waals surface area contributed by atoms with Gasteiger partial charge in [-0.05, 0) is 61.2 Å². The largest absolute Gasteiger partial charge is 0.334 e. The number of carbonyl (C=O) groups excluding carboxylic acids is 3. The van der Waals surface area contributed by atoms with E-state index in [4.69, 9.17) is 34.8 Å². The molecule has 0 saturated carbocycles. The van der Waals surface area contributed by atoms with E-state index < -0.39 is 39.5 Å². The third-order valence-electron chi connectivity index (χ3n) is 7.18. The number of rotatable bonds is 7. The van der Waals surface area contributed by atoms with Crippen LogP contribution in [0.3, 0.4) is 0 Å². The highest BCUT2D eigenvalue weighted by molar-refractivity contribution is 7.89. The SMILES string of the molecule is CC(NS(=O)(=O)c1cc(Cl)ccc1Cl)C(=O)N1CC2CC1CN2C(=O)C(NC(=O)Nc1ccc(Cl)cc1)C(C)(C)C.